The maximum atomic E-state index is 9.55. The molecule has 4 rings (SSSR count). The summed E-state index contributed by atoms with van der Waals surface area (Å²) in [5.41, 5.74) is 10.9. The van der Waals surface area contributed by atoms with Gasteiger partial charge in [0.15, 0.2) is 0 Å². The highest BCUT2D eigenvalue weighted by atomic mass is 16.4. The monoisotopic (exact) mass is 407 g/mol. The first-order valence-electron chi connectivity index (χ1n) is 10.5. The van der Waals surface area contributed by atoms with Crippen LogP contribution in [0.2, 0.25) is 0 Å². The molecule has 2 aliphatic rings. The first kappa shape index (κ1) is 21.8. The third kappa shape index (κ3) is 5.57. The number of carboxylic acid groups (broad SMARTS) is 2. The number of hydrogen-bond donors (Lipinski definition) is 3. The molecule has 3 N–H and O–H groups in total. The molecule has 0 fully saturated rings. The van der Waals surface area contributed by atoms with Crippen molar-refractivity contribution in [1.82, 2.24) is 5.32 Å². The van der Waals surface area contributed by atoms with E-state index in [1.54, 1.807) is 27.8 Å². The Balaban J connectivity index is 0.000000275. The summed E-state index contributed by atoms with van der Waals surface area (Å²) >= 11 is 0. The zero-order valence-electron chi connectivity index (χ0n) is 17.4. The number of aliphatic carboxylic acids is 2. The summed E-state index contributed by atoms with van der Waals surface area (Å²) in [7, 11) is 0. The molecule has 0 atom stereocenters. The SMILES string of the molecule is Cc1cccc(-c2c3c(cc4c2CCNCC4)CCCC3)c1.O=C(O)/C=C/C(=O)O. The van der Waals surface area contributed by atoms with Crippen LogP contribution in [-0.4, -0.2) is 35.2 Å². The van der Waals surface area contributed by atoms with Crippen molar-refractivity contribution in [3.63, 3.8) is 0 Å². The molecular weight excluding hydrogens is 378 g/mol. The Morgan fingerprint density at radius 3 is 2.20 bits per heavy atom. The molecule has 0 aromatic heterocycles. The van der Waals surface area contributed by atoms with Crippen LogP contribution in [0.25, 0.3) is 11.1 Å². The number of carboxylic acids is 2. The summed E-state index contributed by atoms with van der Waals surface area (Å²) in [5, 5.41) is 19.2. The maximum absolute atomic E-state index is 9.55. The van der Waals surface area contributed by atoms with E-state index in [1.807, 2.05) is 0 Å². The lowest BCUT2D eigenvalue weighted by Crippen LogP contribution is -2.16. The van der Waals surface area contributed by atoms with E-state index in [-0.39, 0.29) is 0 Å². The summed E-state index contributed by atoms with van der Waals surface area (Å²) in [6.07, 6.45) is 8.71. The third-order valence-electron chi connectivity index (χ3n) is 5.65. The Hall–Kier alpha value is -2.92. The van der Waals surface area contributed by atoms with E-state index in [0.29, 0.717) is 12.2 Å². The topological polar surface area (TPSA) is 86.6 Å². The van der Waals surface area contributed by atoms with Gasteiger partial charge in [0.2, 0.25) is 0 Å². The fourth-order valence-corrected chi connectivity index (χ4v) is 4.38. The van der Waals surface area contributed by atoms with Gasteiger partial charge in [0.1, 0.15) is 0 Å². The van der Waals surface area contributed by atoms with Crippen LogP contribution in [0.3, 0.4) is 0 Å². The van der Waals surface area contributed by atoms with Crippen LogP contribution < -0.4 is 5.32 Å². The predicted octanol–water partition coefficient (Wildman–Crippen LogP) is 3.94. The lowest BCUT2D eigenvalue weighted by Gasteiger charge is -2.25. The maximum Gasteiger partial charge on any atom is 0.328 e. The quantitative estimate of drug-likeness (QED) is 0.671. The van der Waals surface area contributed by atoms with Crippen LogP contribution in [0.5, 0.6) is 0 Å². The van der Waals surface area contributed by atoms with Crippen molar-refractivity contribution >= 4 is 11.9 Å². The van der Waals surface area contributed by atoms with Gasteiger partial charge in [0.25, 0.3) is 0 Å². The van der Waals surface area contributed by atoms with E-state index in [9.17, 15) is 9.59 Å². The minimum Gasteiger partial charge on any atom is -0.478 e. The number of benzene rings is 2. The average molecular weight is 408 g/mol. The molecule has 2 aromatic carbocycles. The Labute approximate surface area is 177 Å². The number of carbonyl (C=O) groups is 2. The molecule has 0 saturated carbocycles. The molecule has 0 spiro atoms. The Bertz CT molecular complexity index is 946. The van der Waals surface area contributed by atoms with Crippen molar-refractivity contribution in [1.29, 1.82) is 0 Å². The fraction of sp³-hybridized carbons (Fsp3) is 0.360. The van der Waals surface area contributed by atoms with Gasteiger partial charge in [-0.05, 0) is 91.9 Å². The number of nitrogens with one attached hydrogen (secondary N) is 1. The van der Waals surface area contributed by atoms with Gasteiger partial charge in [-0.1, -0.05) is 35.9 Å². The molecule has 0 amide bonds. The molecule has 2 aromatic rings. The number of rotatable bonds is 3. The predicted molar refractivity (Wildman–Crippen MR) is 118 cm³/mol. The summed E-state index contributed by atoms with van der Waals surface area (Å²) < 4.78 is 0. The normalized spacial score (nSPS) is 15.4. The highest BCUT2D eigenvalue weighted by Gasteiger charge is 2.22. The highest BCUT2D eigenvalue weighted by Crippen LogP contribution is 2.37. The van der Waals surface area contributed by atoms with Gasteiger partial charge < -0.3 is 15.5 Å². The minimum atomic E-state index is -1.26. The Kier molecular flexibility index (Phi) is 7.41. The van der Waals surface area contributed by atoms with E-state index in [1.165, 1.54) is 49.7 Å². The van der Waals surface area contributed by atoms with Crippen LogP contribution in [0.15, 0.2) is 42.5 Å². The molecule has 0 unspecified atom stereocenters. The molecule has 0 bridgehead atoms. The van der Waals surface area contributed by atoms with Crippen molar-refractivity contribution in [3.8, 4) is 11.1 Å². The van der Waals surface area contributed by atoms with Gasteiger partial charge in [-0.3, -0.25) is 0 Å². The van der Waals surface area contributed by atoms with Gasteiger partial charge in [-0.25, -0.2) is 9.59 Å². The van der Waals surface area contributed by atoms with Crippen molar-refractivity contribution in [2.24, 2.45) is 0 Å². The molecule has 30 heavy (non-hydrogen) atoms. The van der Waals surface area contributed by atoms with Crippen LogP contribution in [0, 0.1) is 6.92 Å². The average Bonchev–Trinajstić information content (AvgIpc) is 2.96. The van der Waals surface area contributed by atoms with Crippen LogP contribution in [0.4, 0.5) is 0 Å². The molecule has 1 aliphatic carbocycles. The lowest BCUT2D eigenvalue weighted by atomic mass is 9.80. The second-order valence-electron chi connectivity index (χ2n) is 7.86. The Morgan fingerprint density at radius 2 is 1.50 bits per heavy atom. The van der Waals surface area contributed by atoms with E-state index >= 15 is 0 Å². The third-order valence-corrected chi connectivity index (χ3v) is 5.65. The number of hydrogen-bond acceptors (Lipinski definition) is 3. The number of fused-ring (bicyclic) bond motifs is 2. The summed E-state index contributed by atoms with van der Waals surface area (Å²) in [6.45, 7) is 4.45. The van der Waals surface area contributed by atoms with E-state index < -0.39 is 11.9 Å². The van der Waals surface area contributed by atoms with Gasteiger partial charge in [-0.15, -0.1) is 0 Å². The molecular formula is C25H29NO4. The van der Waals surface area contributed by atoms with Crippen molar-refractivity contribution in [2.45, 2.75) is 45.4 Å². The van der Waals surface area contributed by atoms with Crippen LogP contribution >= 0.6 is 0 Å². The number of aryl methyl sites for hydroxylation is 2. The Morgan fingerprint density at radius 1 is 0.867 bits per heavy atom. The first-order chi connectivity index (χ1) is 14.5. The smallest absolute Gasteiger partial charge is 0.328 e. The van der Waals surface area contributed by atoms with E-state index in [2.05, 4.69) is 42.6 Å². The van der Waals surface area contributed by atoms with Gasteiger partial charge >= 0.3 is 11.9 Å². The van der Waals surface area contributed by atoms with Crippen molar-refractivity contribution in [3.05, 3.63) is 70.3 Å². The summed E-state index contributed by atoms with van der Waals surface area (Å²) in [4.78, 5) is 19.1. The minimum absolute atomic E-state index is 0.558. The molecule has 5 nitrogen and oxygen atoms in total. The largest absolute Gasteiger partial charge is 0.478 e. The highest BCUT2D eigenvalue weighted by molar-refractivity contribution is 5.89. The molecule has 1 heterocycles. The van der Waals surface area contributed by atoms with E-state index in [4.69, 9.17) is 10.2 Å². The van der Waals surface area contributed by atoms with Gasteiger partial charge in [0, 0.05) is 12.2 Å². The van der Waals surface area contributed by atoms with Crippen LogP contribution in [0.1, 0.15) is 40.7 Å². The van der Waals surface area contributed by atoms with Gasteiger partial charge in [-0.2, -0.15) is 0 Å². The second kappa shape index (κ2) is 10.2. The zero-order valence-corrected chi connectivity index (χ0v) is 17.4. The lowest BCUT2D eigenvalue weighted by molar-refractivity contribution is -0.134. The van der Waals surface area contributed by atoms with Crippen LogP contribution in [-0.2, 0) is 35.3 Å². The summed E-state index contributed by atoms with van der Waals surface area (Å²) in [6, 6.07) is 11.7. The van der Waals surface area contributed by atoms with E-state index in [0.717, 1.165) is 13.1 Å². The zero-order chi connectivity index (χ0) is 21.5. The molecule has 1 aliphatic heterocycles. The molecule has 0 radical (unpaired) electrons. The molecule has 158 valence electrons. The first-order valence-corrected chi connectivity index (χ1v) is 10.5. The molecule has 0 saturated heterocycles. The van der Waals surface area contributed by atoms with Gasteiger partial charge in [0.05, 0.1) is 0 Å². The molecule has 5 heteroatoms. The second-order valence-corrected chi connectivity index (χ2v) is 7.86. The van der Waals surface area contributed by atoms with Crippen molar-refractivity contribution < 1.29 is 19.8 Å². The van der Waals surface area contributed by atoms with Crippen molar-refractivity contribution in [2.75, 3.05) is 13.1 Å². The summed E-state index contributed by atoms with van der Waals surface area (Å²) in [5.74, 6) is -2.51. The standard InChI is InChI=1S/C21H25N.C4H4O4/c1-15-5-4-7-18(13-15)21-19-8-3-2-6-16(19)14-17-9-11-22-12-10-20(17)21;5-3(6)1-2-4(7)8/h4-5,7,13-14,22H,2-3,6,8-12H2,1H3;1-2H,(H,5,6)(H,7,8)/b;2-1+. The fourth-order valence-electron chi connectivity index (χ4n) is 4.38.